The summed E-state index contributed by atoms with van der Waals surface area (Å²) in [5.41, 5.74) is 4.69. The Morgan fingerprint density at radius 2 is 1.47 bits per heavy atom. The van der Waals surface area contributed by atoms with E-state index in [9.17, 15) is 4.79 Å². The number of nitrogens with one attached hydrogen (secondary N) is 2. The molecule has 0 spiro atoms. The molecule has 32 heavy (non-hydrogen) atoms. The number of amides is 1. The second kappa shape index (κ2) is 12.3. The molecule has 172 valence electrons. The van der Waals surface area contributed by atoms with Gasteiger partial charge in [-0.05, 0) is 41.8 Å². The van der Waals surface area contributed by atoms with Gasteiger partial charge in [-0.3, -0.25) is 9.79 Å². The summed E-state index contributed by atoms with van der Waals surface area (Å²) in [5, 5.41) is 6.75. The second-order valence-corrected chi connectivity index (χ2v) is 9.09. The van der Waals surface area contributed by atoms with Gasteiger partial charge in [0.15, 0.2) is 5.96 Å². The zero-order valence-electron chi connectivity index (χ0n) is 18.5. The van der Waals surface area contributed by atoms with E-state index in [-0.39, 0.29) is 29.9 Å². The molecule has 2 aromatic rings. The molecule has 2 aliphatic rings. The summed E-state index contributed by atoms with van der Waals surface area (Å²) in [4.78, 5) is 20.5. The fourth-order valence-electron chi connectivity index (χ4n) is 3.95. The van der Waals surface area contributed by atoms with Crippen LogP contribution in [0.2, 0.25) is 0 Å². The van der Waals surface area contributed by atoms with Crippen LogP contribution in [0.15, 0.2) is 53.5 Å². The molecule has 0 radical (unpaired) electrons. The number of anilines is 2. The summed E-state index contributed by atoms with van der Waals surface area (Å²) in [5.74, 6) is 3.42. The Kier molecular flexibility index (Phi) is 9.52. The number of halogens is 1. The van der Waals surface area contributed by atoms with E-state index in [1.807, 2.05) is 28.8 Å². The van der Waals surface area contributed by atoms with Gasteiger partial charge in [0.25, 0.3) is 0 Å². The summed E-state index contributed by atoms with van der Waals surface area (Å²) in [6, 6.07) is 17.0. The molecule has 8 heteroatoms. The number of nitrogens with zero attached hydrogens (tertiary/aromatic N) is 3. The van der Waals surface area contributed by atoms with E-state index in [1.165, 1.54) is 22.8 Å². The normalized spacial score (nSPS) is 16.7. The molecular weight excluding hydrogens is 533 g/mol. The van der Waals surface area contributed by atoms with Crippen LogP contribution in [0.5, 0.6) is 0 Å². The van der Waals surface area contributed by atoms with Gasteiger partial charge in [0.2, 0.25) is 5.91 Å². The minimum absolute atomic E-state index is 0. The van der Waals surface area contributed by atoms with E-state index in [2.05, 4.69) is 56.9 Å². The van der Waals surface area contributed by atoms with Crippen molar-refractivity contribution in [1.82, 2.24) is 10.6 Å². The number of guanidine groups is 1. The average Bonchev–Trinajstić information content (AvgIpc) is 3.26. The lowest BCUT2D eigenvalue weighted by Gasteiger charge is -2.28. The van der Waals surface area contributed by atoms with Crippen LogP contribution in [0.25, 0.3) is 0 Å². The van der Waals surface area contributed by atoms with Crippen molar-refractivity contribution in [2.45, 2.75) is 25.9 Å². The van der Waals surface area contributed by atoms with Crippen LogP contribution in [0.1, 0.15) is 24.0 Å². The van der Waals surface area contributed by atoms with Crippen LogP contribution in [-0.2, 0) is 17.9 Å². The Hall–Kier alpha value is -1.94. The van der Waals surface area contributed by atoms with E-state index >= 15 is 0 Å². The Morgan fingerprint density at radius 3 is 1.97 bits per heavy atom. The molecule has 0 aromatic heterocycles. The number of carbonyl (C=O) groups excluding carboxylic acids is 1. The minimum atomic E-state index is 0. The molecule has 2 heterocycles. The van der Waals surface area contributed by atoms with Gasteiger partial charge < -0.3 is 20.4 Å². The Labute approximate surface area is 212 Å². The molecule has 4 rings (SSSR count). The lowest BCUT2D eigenvalue weighted by Crippen LogP contribution is -2.36. The van der Waals surface area contributed by atoms with E-state index < -0.39 is 0 Å². The number of benzene rings is 2. The summed E-state index contributed by atoms with van der Waals surface area (Å²) < 4.78 is 0. The second-order valence-electron chi connectivity index (χ2n) is 7.86. The molecule has 6 nitrogen and oxygen atoms in total. The maximum absolute atomic E-state index is 11.9. The number of rotatable bonds is 6. The van der Waals surface area contributed by atoms with E-state index in [0.717, 1.165) is 49.8 Å². The Balaban J connectivity index is 0.00000289. The lowest BCUT2D eigenvalue weighted by atomic mass is 10.2. The molecule has 2 fully saturated rings. The van der Waals surface area contributed by atoms with Crippen molar-refractivity contribution in [2.75, 3.05) is 48.0 Å². The average molecular weight is 566 g/mol. The summed E-state index contributed by atoms with van der Waals surface area (Å²) in [6.07, 6.45) is 1.61. The summed E-state index contributed by atoms with van der Waals surface area (Å²) in [7, 11) is 1.79. The molecule has 0 unspecified atom stereocenters. The third-order valence-corrected chi connectivity index (χ3v) is 6.72. The standard InChI is InChI=1S/C24H31N5OS.HI/c1-25-24(26-17-19-4-8-21(9-5-19)28-13-15-31-16-14-28)27-18-20-6-10-22(11-7-20)29-12-2-3-23(29)30;/h4-11H,2-3,12-18H2,1H3,(H2,25,26,27);1H. The maximum Gasteiger partial charge on any atom is 0.227 e. The van der Waals surface area contributed by atoms with Crippen molar-refractivity contribution in [1.29, 1.82) is 0 Å². The monoisotopic (exact) mass is 565 g/mol. The van der Waals surface area contributed by atoms with Gasteiger partial charge in [-0.1, -0.05) is 24.3 Å². The molecule has 2 aromatic carbocycles. The zero-order chi connectivity index (χ0) is 21.5. The van der Waals surface area contributed by atoms with Gasteiger partial charge >= 0.3 is 0 Å². The van der Waals surface area contributed by atoms with E-state index in [0.29, 0.717) is 13.0 Å². The van der Waals surface area contributed by atoms with Crippen LogP contribution in [0, 0.1) is 0 Å². The van der Waals surface area contributed by atoms with Crippen molar-refractivity contribution in [2.24, 2.45) is 4.99 Å². The van der Waals surface area contributed by atoms with Crippen LogP contribution < -0.4 is 20.4 Å². The third kappa shape index (κ3) is 6.54. The van der Waals surface area contributed by atoms with Crippen molar-refractivity contribution in [3.05, 3.63) is 59.7 Å². The van der Waals surface area contributed by atoms with Crippen molar-refractivity contribution >= 4 is 59.0 Å². The molecule has 2 saturated heterocycles. The first-order valence-corrected chi connectivity index (χ1v) is 12.1. The van der Waals surface area contributed by atoms with Crippen molar-refractivity contribution in [3.8, 4) is 0 Å². The first kappa shape index (κ1) is 24.7. The van der Waals surface area contributed by atoms with E-state index in [4.69, 9.17) is 0 Å². The molecule has 2 N–H and O–H groups in total. The first-order chi connectivity index (χ1) is 15.2. The quantitative estimate of drug-likeness (QED) is 0.317. The van der Waals surface area contributed by atoms with Crippen molar-refractivity contribution in [3.63, 3.8) is 0 Å². The molecule has 2 aliphatic heterocycles. The third-order valence-electron chi connectivity index (χ3n) is 5.78. The lowest BCUT2D eigenvalue weighted by molar-refractivity contribution is -0.117. The highest BCUT2D eigenvalue weighted by Gasteiger charge is 2.21. The molecule has 0 aliphatic carbocycles. The van der Waals surface area contributed by atoms with Crippen LogP contribution >= 0.6 is 35.7 Å². The molecule has 0 atom stereocenters. The van der Waals surface area contributed by atoms with Gasteiger partial charge in [0, 0.05) is 69.1 Å². The fourth-order valence-corrected chi connectivity index (χ4v) is 4.86. The van der Waals surface area contributed by atoms with Crippen LogP contribution in [0.4, 0.5) is 11.4 Å². The first-order valence-electron chi connectivity index (χ1n) is 11.0. The zero-order valence-corrected chi connectivity index (χ0v) is 21.7. The van der Waals surface area contributed by atoms with Gasteiger partial charge in [-0.15, -0.1) is 24.0 Å². The highest BCUT2D eigenvalue weighted by atomic mass is 127. The van der Waals surface area contributed by atoms with Gasteiger partial charge in [-0.2, -0.15) is 11.8 Å². The minimum Gasteiger partial charge on any atom is -0.370 e. The fraction of sp³-hybridized carbons (Fsp3) is 0.417. The number of thioether (sulfide) groups is 1. The largest absolute Gasteiger partial charge is 0.370 e. The smallest absolute Gasteiger partial charge is 0.227 e. The molecule has 0 saturated carbocycles. The number of aliphatic imine (C=N–C) groups is 1. The van der Waals surface area contributed by atoms with Crippen LogP contribution in [-0.4, -0.2) is 50.1 Å². The number of hydrogen-bond acceptors (Lipinski definition) is 4. The molecule has 1 amide bonds. The predicted molar refractivity (Wildman–Crippen MR) is 146 cm³/mol. The maximum atomic E-state index is 11.9. The number of carbonyl (C=O) groups is 1. The molecular formula is C24H32IN5OS. The Bertz CT molecular complexity index is 898. The summed E-state index contributed by atoms with van der Waals surface area (Å²) >= 11 is 2.03. The molecule has 0 bridgehead atoms. The predicted octanol–water partition coefficient (Wildman–Crippen LogP) is 3.85. The van der Waals surface area contributed by atoms with Crippen LogP contribution in [0.3, 0.4) is 0 Å². The topological polar surface area (TPSA) is 60.0 Å². The SMILES string of the molecule is CN=C(NCc1ccc(N2CCSCC2)cc1)NCc1ccc(N2CCCC2=O)cc1.I. The van der Waals surface area contributed by atoms with E-state index in [1.54, 1.807) is 7.05 Å². The van der Waals surface area contributed by atoms with Crippen molar-refractivity contribution < 1.29 is 4.79 Å². The highest BCUT2D eigenvalue weighted by molar-refractivity contribution is 14.0. The summed E-state index contributed by atoms with van der Waals surface area (Å²) in [6.45, 7) is 4.50. The highest BCUT2D eigenvalue weighted by Crippen LogP contribution is 2.22. The number of hydrogen-bond donors (Lipinski definition) is 2. The Morgan fingerprint density at radius 1 is 0.906 bits per heavy atom. The van der Waals surface area contributed by atoms with Gasteiger partial charge in [-0.25, -0.2) is 0 Å². The van der Waals surface area contributed by atoms with Gasteiger partial charge in [0.05, 0.1) is 0 Å². The van der Waals surface area contributed by atoms with Gasteiger partial charge in [0.1, 0.15) is 0 Å².